The third-order valence-electron chi connectivity index (χ3n) is 3.68. The van der Waals surface area contributed by atoms with Crippen molar-refractivity contribution in [2.75, 3.05) is 31.5 Å². The first-order chi connectivity index (χ1) is 10.2. The van der Waals surface area contributed by atoms with E-state index in [2.05, 4.69) is 16.0 Å². The second-order valence-corrected chi connectivity index (χ2v) is 5.50. The molecule has 1 heterocycles. The Morgan fingerprint density at radius 1 is 1.19 bits per heavy atom. The Kier molecular flexibility index (Phi) is 4.06. The molecule has 0 unspecified atom stereocenters. The monoisotopic (exact) mass is 288 g/mol. The van der Waals surface area contributed by atoms with E-state index >= 15 is 0 Å². The number of hydrogen-bond donors (Lipinski definition) is 3. The maximum Gasteiger partial charge on any atom is 0.319 e. The summed E-state index contributed by atoms with van der Waals surface area (Å²) in [7, 11) is 0. The van der Waals surface area contributed by atoms with Gasteiger partial charge in [0.1, 0.15) is 0 Å². The number of nitrogens with one attached hydrogen (secondary N) is 3. The minimum absolute atomic E-state index is 0.0164. The highest BCUT2D eigenvalue weighted by Gasteiger charge is 2.23. The fourth-order valence-electron chi connectivity index (χ4n) is 2.36. The van der Waals surface area contributed by atoms with E-state index in [0.717, 1.165) is 39.0 Å². The number of piperazine rings is 1. The van der Waals surface area contributed by atoms with E-state index < -0.39 is 0 Å². The Labute approximate surface area is 123 Å². The maximum atomic E-state index is 12.4. The number of nitrogens with zero attached hydrogens (tertiary/aromatic N) is 1. The molecule has 3 N–H and O–H groups in total. The zero-order valence-electron chi connectivity index (χ0n) is 11.9. The lowest BCUT2D eigenvalue weighted by Crippen LogP contribution is -2.46. The molecule has 21 heavy (non-hydrogen) atoms. The maximum absolute atomic E-state index is 12.4. The zero-order chi connectivity index (χ0) is 14.7. The van der Waals surface area contributed by atoms with Gasteiger partial charge in [-0.25, -0.2) is 4.79 Å². The van der Waals surface area contributed by atoms with Gasteiger partial charge in [-0.15, -0.1) is 0 Å². The minimum Gasteiger partial charge on any atom is -0.336 e. The highest BCUT2D eigenvalue weighted by Crippen LogP contribution is 2.19. The molecule has 1 saturated carbocycles. The molecule has 6 nitrogen and oxygen atoms in total. The van der Waals surface area contributed by atoms with Gasteiger partial charge in [-0.2, -0.15) is 0 Å². The molecule has 3 amide bonds. The van der Waals surface area contributed by atoms with Gasteiger partial charge >= 0.3 is 6.03 Å². The van der Waals surface area contributed by atoms with Crippen molar-refractivity contribution in [3.8, 4) is 0 Å². The lowest BCUT2D eigenvalue weighted by molar-refractivity contribution is 0.0736. The summed E-state index contributed by atoms with van der Waals surface area (Å²) in [6, 6.07) is 7.22. The standard InChI is InChI=1S/C15H20N4O2/c20-14(19-8-6-16-7-9-19)11-2-1-3-13(10-11)18-15(21)17-12-4-5-12/h1-3,10,12,16H,4-9H2,(H2,17,18,21). The summed E-state index contributed by atoms with van der Waals surface area (Å²) in [6.45, 7) is 3.10. The number of amides is 3. The van der Waals surface area contributed by atoms with Gasteiger partial charge in [0.05, 0.1) is 0 Å². The van der Waals surface area contributed by atoms with Crippen molar-refractivity contribution in [1.82, 2.24) is 15.5 Å². The van der Waals surface area contributed by atoms with Crippen molar-refractivity contribution < 1.29 is 9.59 Å². The summed E-state index contributed by atoms with van der Waals surface area (Å²) >= 11 is 0. The highest BCUT2D eigenvalue weighted by molar-refractivity contribution is 5.97. The van der Waals surface area contributed by atoms with Crippen LogP contribution in [0.1, 0.15) is 23.2 Å². The average molecular weight is 288 g/mol. The van der Waals surface area contributed by atoms with E-state index in [1.165, 1.54) is 0 Å². The molecule has 1 aliphatic heterocycles. The molecule has 0 atom stereocenters. The van der Waals surface area contributed by atoms with Gasteiger partial charge in [0.2, 0.25) is 0 Å². The first kappa shape index (κ1) is 13.9. The Morgan fingerprint density at radius 3 is 2.67 bits per heavy atom. The van der Waals surface area contributed by atoms with Crippen LogP contribution >= 0.6 is 0 Å². The number of rotatable bonds is 3. The van der Waals surface area contributed by atoms with Crippen molar-refractivity contribution in [3.63, 3.8) is 0 Å². The summed E-state index contributed by atoms with van der Waals surface area (Å²) in [5, 5.41) is 8.86. The van der Waals surface area contributed by atoms with Gasteiger partial charge < -0.3 is 20.9 Å². The Hall–Kier alpha value is -2.08. The fourth-order valence-corrected chi connectivity index (χ4v) is 2.36. The lowest BCUT2D eigenvalue weighted by Gasteiger charge is -2.27. The van der Waals surface area contributed by atoms with E-state index in [1.54, 1.807) is 24.3 Å². The predicted octanol–water partition coefficient (Wildman–Crippen LogP) is 1.02. The molecule has 0 spiro atoms. The Bertz CT molecular complexity index is 536. The number of hydrogen-bond acceptors (Lipinski definition) is 3. The van der Waals surface area contributed by atoms with Crippen molar-refractivity contribution in [3.05, 3.63) is 29.8 Å². The molecule has 6 heteroatoms. The molecule has 0 bridgehead atoms. The largest absolute Gasteiger partial charge is 0.336 e. The van der Waals surface area contributed by atoms with Crippen molar-refractivity contribution in [1.29, 1.82) is 0 Å². The number of urea groups is 1. The molecule has 1 saturated heterocycles. The van der Waals surface area contributed by atoms with Gasteiger partial charge in [0.25, 0.3) is 5.91 Å². The summed E-state index contributed by atoms with van der Waals surface area (Å²) in [5.74, 6) is 0.0164. The lowest BCUT2D eigenvalue weighted by atomic mass is 10.1. The van der Waals surface area contributed by atoms with Crippen LogP contribution in [-0.4, -0.2) is 49.1 Å². The first-order valence-electron chi connectivity index (χ1n) is 7.40. The van der Waals surface area contributed by atoms with Gasteiger partial charge in [-0.05, 0) is 31.0 Å². The van der Waals surface area contributed by atoms with E-state index in [1.807, 2.05) is 4.90 Å². The first-order valence-corrected chi connectivity index (χ1v) is 7.40. The number of anilines is 1. The van der Waals surface area contributed by atoms with Gasteiger partial charge in [0, 0.05) is 43.5 Å². The Morgan fingerprint density at radius 2 is 1.95 bits per heavy atom. The van der Waals surface area contributed by atoms with Crippen molar-refractivity contribution >= 4 is 17.6 Å². The third kappa shape index (κ3) is 3.72. The van der Waals surface area contributed by atoms with Crippen LogP contribution in [0, 0.1) is 0 Å². The number of carbonyl (C=O) groups excluding carboxylic acids is 2. The van der Waals surface area contributed by atoms with Crippen molar-refractivity contribution in [2.24, 2.45) is 0 Å². The molecule has 1 aromatic rings. The molecule has 3 rings (SSSR count). The van der Waals surface area contributed by atoms with E-state index in [4.69, 9.17) is 0 Å². The molecule has 0 aromatic heterocycles. The van der Waals surface area contributed by atoms with Crippen LogP contribution in [-0.2, 0) is 0 Å². The summed E-state index contributed by atoms with van der Waals surface area (Å²) in [5.41, 5.74) is 1.26. The summed E-state index contributed by atoms with van der Waals surface area (Å²) < 4.78 is 0. The number of carbonyl (C=O) groups is 2. The molecule has 112 valence electrons. The molecule has 1 aromatic carbocycles. The molecule has 2 fully saturated rings. The topological polar surface area (TPSA) is 73.5 Å². The van der Waals surface area contributed by atoms with Crippen LogP contribution in [0.5, 0.6) is 0 Å². The van der Waals surface area contributed by atoms with E-state index in [-0.39, 0.29) is 11.9 Å². The second-order valence-electron chi connectivity index (χ2n) is 5.50. The van der Waals surface area contributed by atoms with Crippen LogP contribution in [0.2, 0.25) is 0 Å². The van der Waals surface area contributed by atoms with E-state index in [9.17, 15) is 9.59 Å². The summed E-state index contributed by atoms with van der Waals surface area (Å²) in [4.78, 5) is 25.9. The van der Waals surface area contributed by atoms with Crippen LogP contribution in [0.4, 0.5) is 10.5 Å². The van der Waals surface area contributed by atoms with Crippen molar-refractivity contribution in [2.45, 2.75) is 18.9 Å². The van der Waals surface area contributed by atoms with Crippen LogP contribution in [0.3, 0.4) is 0 Å². The SMILES string of the molecule is O=C(Nc1cccc(C(=O)N2CCNCC2)c1)NC1CC1. The third-order valence-corrected chi connectivity index (χ3v) is 3.68. The second kappa shape index (κ2) is 6.13. The smallest absolute Gasteiger partial charge is 0.319 e. The molecule has 0 radical (unpaired) electrons. The summed E-state index contributed by atoms with van der Waals surface area (Å²) in [6.07, 6.45) is 2.10. The van der Waals surface area contributed by atoms with Crippen LogP contribution < -0.4 is 16.0 Å². The van der Waals surface area contributed by atoms with Crippen LogP contribution in [0.25, 0.3) is 0 Å². The average Bonchev–Trinajstić information content (AvgIpc) is 3.31. The molecule has 2 aliphatic rings. The quantitative estimate of drug-likeness (QED) is 0.777. The predicted molar refractivity (Wildman–Crippen MR) is 80.4 cm³/mol. The molecule has 1 aliphatic carbocycles. The highest BCUT2D eigenvalue weighted by atomic mass is 16.2. The Balaban J connectivity index is 1.63. The molecular weight excluding hydrogens is 268 g/mol. The number of benzene rings is 1. The van der Waals surface area contributed by atoms with Crippen LogP contribution in [0.15, 0.2) is 24.3 Å². The van der Waals surface area contributed by atoms with Gasteiger partial charge in [-0.3, -0.25) is 4.79 Å². The van der Waals surface area contributed by atoms with Gasteiger partial charge in [0.15, 0.2) is 0 Å². The van der Waals surface area contributed by atoms with E-state index in [0.29, 0.717) is 17.3 Å². The minimum atomic E-state index is -0.204. The fraction of sp³-hybridized carbons (Fsp3) is 0.467. The zero-order valence-corrected chi connectivity index (χ0v) is 11.9. The molecular formula is C15H20N4O2. The van der Waals surface area contributed by atoms with Gasteiger partial charge in [-0.1, -0.05) is 6.07 Å². The normalized spacial score (nSPS) is 18.2.